The van der Waals surface area contributed by atoms with Crippen molar-refractivity contribution >= 4 is 45.4 Å². The van der Waals surface area contributed by atoms with Crippen LogP contribution in [0.25, 0.3) is 0 Å². The van der Waals surface area contributed by atoms with E-state index in [1.54, 1.807) is 40.8 Å². The molecular weight excluding hydrogens is 518 g/mol. The average molecular weight is 557 g/mol. The molecule has 4 unspecified atom stereocenters. The van der Waals surface area contributed by atoms with E-state index in [0.29, 0.717) is 32.5 Å². The molecule has 34 heavy (non-hydrogen) atoms. The fourth-order valence-electron chi connectivity index (χ4n) is 6.07. The summed E-state index contributed by atoms with van der Waals surface area (Å²) in [5, 5.41) is 9.44. The van der Waals surface area contributed by atoms with Gasteiger partial charge < -0.3 is 19.8 Å². The molecule has 3 saturated heterocycles. The van der Waals surface area contributed by atoms with Gasteiger partial charge in [-0.2, -0.15) is 0 Å². The van der Waals surface area contributed by atoms with Crippen molar-refractivity contribution in [3.05, 3.63) is 25.3 Å². The van der Waals surface area contributed by atoms with Gasteiger partial charge in [0.1, 0.15) is 6.04 Å². The van der Waals surface area contributed by atoms with E-state index in [-0.39, 0.29) is 40.4 Å². The SMILES string of the molecule is C=CCN(C)C(=O)[C@H]1[C@H]2C(=O)N(CCCO)C(C(=O)N(CC=C)C(C)CCC)C23CC(Br)[C@@H]1S3. The van der Waals surface area contributed by atoms with E-state index in [0.717, 1.165) is 12.8 Å². The maximum atomic E-state index is 14.2. The Labute approximate surface area is 216 Å². The second-order valence-electron chi connectivity index (χ2n) is 9.70. The molecule has 3 rings (SSSR count). The van der Waals surface area contributed by atoms with Crippen LogP contribution < -0.4 is 0 Å². The van der Waals surface area contributed by atoms with Crippen LogP contribution in [0.3, 0.4) is 0 Å². The predicted molar refractivity (Wildman–Crippen MR) is 140 cm³/mol. The lowest BCUT2D eigenvalue weighted by Gasteiger charge is -2.40. The van der Waals surface area contributed by atoms with Crippen LogP contribution in [0.2, 0.25) is 0 Å². The minimum atomic E-state index is -0.664. The zero-order valence-corrected chi connectivity index (χ0v) is 22.9. The van der Waals surface area contributed by atoms with Gasteiger partial charge >= 0.3 is 0 Å². The highest BCUT2D eigenvalue weighted by atomic mass is 79.9. The Balaban J connectivity index is 2.06. The van der Waals surface area contributed by atoms with Crippen molar-refractivity contribution in [1.82, 2.24) is 14.7 Å². The molecule has 0 aromatic carbocycles. The first kappa shape index (κ1) is 27.3. The number of likely N-dealkylation sites (N-methyl/N-ethyl adjacent to an activating group) is 1. The number of hydrogen-bond donors (Lipinski definition) is 1. The third kappa shape index (κ3) is 4.48. The van der Waals surface area contributed by atoms with Crippen LogP contribution in [0, 0.1) is 11.8 Å². The first-order valence-corrected chi connectivity index (χ1v) is 14.0. The van der Waals surface area contributed by atoms with E-state index in [1.807, 2.05) is 11.8 Å². The predicted octanol–water partition coefficient (Wildman–Crippen LogP) is 2.68. The molecule has 0 aromatic rings. The Morgan fingerprint density at radius 3 is 2.59 bits per heavy atom. The molecular formula is C25H38BrN3O4S. The molecule has 2 bridgehead atoms. The van der Waals surface area contributed by atoms with Crippen LogP contribution >= 0.6 is 27.7 Å². The Bertz CT molecular complexity index is 826. The van der Waals surface area contributed by atoms with Gasteiger partial charge in [0.05, 0.1) is 16.6 Å². The fourth-order valence-corrected chi connectivity index (χ4v) is 9.67. The Hall–Kier alpha value is -1.32. The third-order valence-electron chi connectivity index (χ3n) is 7.49. The normalized spacial score (nSPS) is 32.4. The molecule has 7 atom stereocenters. The van der Waals surface area contributed by atoms with E-state index >= 15 is 0 Å². The molecule has 0 saturated carbocycles. The lowest BCUT2D eigenvalue weighted by Crippen LogP contribution is -2.57. The number of aliphatic hydroxyl groups is 1. The van der Waals surface area contributed by atoms with Gasteiger partial charge in [0, 0.05) is 49.4 Å². The summed E-state index contributed by atoms with van der Waals surface area (Å²) >= 11 is 5.44. The number of aliphatic hydroxyl groups excluding tert-OH is 1. The summed E-state index contributed by atoms with van der Waals surface area (Å²) in [4.78, 5) is 46.8. The topological polar surface area (TPSA) is 81.2 Å². The summed E-state index contributed by atoms with van der Waals surface area (Å²) in [5.74, 6) is -1.31. The largest absolute Gasteiger partial charge is 0.396 e. The molecule has 3 fully saturated rings. The quantitative estimate of drug-likeness (QED) is 0.296. The van der Waals surface area contributed by atoms with E-state index < -0.39 is 22.6 Å². The maximum absolute atomic E-state index is 14.2. The smallest absolute Gasteiger partial charge is 0.247 e. The van der Waals surface area contributed by atoms with Crippen LogP contribution in [-0.2, 0) is 14.4 Å². The molecule has 3 heterocycles. The van der Waals surface area contributed by atoms with Crippen molar-refractivity contribution in [3.8, 4) is 0 Å². The van der Waals surface area contributed by atoms with Crippen molar-refractivity contribution in [2.45, 2.75) is 66.4 Å². The van der Waals surface area contributed by atoms with Crippen LogP contribution in [0.15, 0.2) is 25.3 Å². The fraction of sp³-hybridized carbons (Fsp3) is 0.720. The second kappa shape index (κ2) is 11.2. The highest BCUT2D eigenvalue weighted by Gasteiger charge is 2.75. The summed E-state index contributed by atoms with van der Waals surface area (Å²) in [6.45, 7) is 12.8. The number of carbonyl (C=O) groups is 3. The molecule has 0 aromatic heterocycles. The summed E-state index contributed by atoms with van der Waals surface area (Å²) in [7, 11) is 1.74. The van der Waals surface area contributed by atoms with Crippen molar-refractivity contribution in [2.24, 2.45) is 11.8 Å². The van der Waals surface area contributed by atoms with Gasteiger partial charge in [-0.1, -0.05) is 41.4 Å². The minimum absolute atomic E-state index is 0.0141. The van der Waals surface area contributed by atoms with Crippen molar-refractivity contribution in [2.75, 3.05) is 33.3 Å². The molecule has 3 aliphatic heterocycles. The van der Waals surface area contributed by atoms with Gasteiger partial charge in [-0.25, -0.2) is 0 Å². The highest BCUT2D eigenvalue weighted by Crippen LogP contribution is 2.68. The number of halogens is 1. The van der Waals surface area contributed by atoms with Gasteiger partial charge in [-0.3, -0.25) is 14.4 Å². The van der Waals surface area contributed by atoms with Gasteiger partial charge in [0.15, 0.2) is 0 Å². The number of alkyl halides is 1. The number of hydrogen-bond acceptors (Lipinski definition) is 5. The summed E-state index contributed by atoms with van der Waals surface area (Å²) in [6.07, 6.45) is 6.27. The highest BCUT2D eigenvalue weighted by molar-refractivity contribution is 9.09. The standard InChI is InChI=1S/C25H38BrN3O4S/c1-6-10-16(4)28(12-8-3)24(33)21-25-15-17(26)20(34-25)18(22(31)27(5)11-7-2)19(25)23(32)29(21)13-9-14-30/h7-8,16-21,30H,2-3,6,9-15H2,1,4-5H3/t16?,17?,18-,19-,20-,21?,25?/m0/s1. The van der Waals surface area contributed by atoms with E-state index in [1.165, 1.54) is 0 Å². The van der Waals surface area contributed by atoms with Gasteiger partial charge in [-0.15, -0.1) is 24.9 Å². The summed E-state index contributed by atoms with van der Waals surface area (Å²) < 4.78 is -0.664. The summed E-state index contributed by atoms with van der Waals surface area (Å²) in [5.41, 5.74) is 0. The minimum Gasteiger partial charge on any atom is -0.396 e. The Morgan fingerprint density at radius 1 is 1.32 bits per heavy atom. The molecule has 0 radical (unpaired) electrons. The molecule has 3 amide bonds. The number of nitrogens with zero attached hydrogens (tertiary/aromatic N) is 3. The van der Waals surface area contributed by atoms with Crippen LogP contribution in [0.4, 0.5) is 0 Å². The van der Waals surface area contributed by atoms with Crippen LogP contribution in [0.5, 0.6) is 0 Å². The number of thioether (sulfide) groups is 1. The monoisotopic (exact) mass is 555 g/mol. The van der Waals surface area contributed by atoms with Crippen LogP contribution in [-0.4, -0.2) is 97.7 Å². The molecule has 3 aliphatic rings. The Morgan fingerprint density at radius 2 is 2.00 bits per heavy atom. The molecule has 190 valence electrons. The number of carbonyl (C=O) groups excluding carboxylic acids is 3. The van der Waals surface area contributed by atoms with Crippen molar-refractivity contribution in [1.29, 1.82) is 0 Å². The average Bonchev–Trinajstić information content (AvgIpc) is 3.38. The molecule has 1 N–H and O–H groups in total. The molecule has 7 nitrogen and oxygen atoms in total. The summed E-state index contributed by atoms with van der Waals surface area (Å²) in [6, 6.07) is -0.645. The maximum Gasteiger partial charge on any atom is 0.247 e. The van der Waals surface area contributed by atoms with Crippen molar-refractivity contribution in [3.63, 3.8) is 0 Å². The number of likely N-dealkylation sites (tertiary alicyclic amines) is 1. The molecule has 9 heteroatoms. The van der Waals surface area contributed by atoms with Gasteiger partial charge in [-0.05, 0) is 26.2 Å². The van der Waals surface area contributed by atoms with Gasteiger partial charge in [0.2, 0.25) is 17.7 Å². The second-order valence-corrected chi connectivity index (χ2v) is 12.4. The van der Waals surface area contributed by atoms with E-state index in [2.05, 4.69) is 36.0 Å². The Kier molecular flexibility index (Phi) is 8.96. The first-order chi connectivity index (χ1) is 16.2. The van der Waals surface area contributed by atoms with Crippen molar-refractivity contribution < 1.29 is 19.5 Å². The lowest BCUT2D eigenvalue weighted by molar-refractivity contribution is -0.145. The zero-order valence-electron chi connectivity index (χ0n) is 20.5. The number of rotatable bonds is 12. The van der Waals surface area contributed by atoms with Crippen LogP contribution in [0.1, 0.15) is 39.5 Å². The zero-order chi connectivity index (χ0) is 25.2. The third-order valence-corrected chi connectivity index (χ3v) is 10.7. The van der Waals surface area contributed by atoms with E-state index in [4.69, 9.17) is 0 Å². The molecule has 1 spiro atoms. The molecule has 0 aliphatic carbocycles. The first-order valence-electron chi connectivity index (χ1n) is 12.2. The number of amides is 3. The number of fused-ring (bicyclic) bond motifs is 1. The lowest BCUT2D eigenvalue weighted by atomic mass is 9.70. The van der Waals surface area contributed by atoms with E-state index in [9.17, 15) is 19.5 Å². The van der Waals surface area contributed by atoms with Gasteiger partial charge in [0.25, 0.3) is 0 Å².